The van der Waals surface area contributed by atoms with Gasteiger partial charge in [-0.1, -0.05) is 12.1 Å². The van der Waals surface area contributed by atoms with Gasteiger partial charge in [0, 0.05) is 37.6 Å². The first-order chi connectivity index (χ1) is 13.8. The molecule has 3 rings (SSSR count). The molecule has 1 heterocycles. The van der Waals surface area contributed by atoms with Crippen molar-refractivity contribution in [3.8, 4) is 0 Å². The Kier molecular flexibility index (Phi) is 6.33. The summed E-state index contributed by atoms with van der Waals surface area (Å²) in [5.74, 6) is -0.203. The van der Waals surface area contributed by atoms with Crippen molar-refractivity contribution in [3.63, 3.8) is 0 Å². The van der Waals surface area contributed by atoms with Crippen LogP contribution >= 0.6 is 11.8 Å². The zero-order chi connectivity index (χ0) is 21.0. The monoisotopic (exact) mass is 410 g/mol. The third-order valence-electron chi connectivity index (χ3n) is 4.34. The summed E-state index contributed by atoms with van der Waals surface area (Å²) in [6.07, 6.45) is 1.63. The van der Waals surface area contributed by atoms with Gasteiger partial charge in [0.2, 0.25) is 5.91 Å². The van der Waals surface area contributed by atoms with E-state index in [1.54, 1.807) is 44.4 Å². The number of rotatable bonds is 5. The van der Waals surface area contributed by atoms with E-state index in [2.05, 4.69) is 10.3 Å². The first-order valence-electron chi connectivity index (χ1n) is 9.09. The van der Waals surface area contributed by atoms with E-state index in [1.165, 1.54) is 15.8 Å². The van der Waals surface area contributed by atoms with Crippen molar-refractivity contribution < 1.29 is 9.59 Å². The fraction of sp³-hybridized carbons (Fsp3) is 0.238. The largest absolute Gasteiger partial charge is 0.339 e. The van der Waals surface area contributed by atoms with Crippen LogP contribution in [0.4, 0.5) is 10.5 Å². The summed E-state index contributed by atoms with van der Waals surface area (Å²) in [4.78, 5) is 43.2. The number of amides is 2. The van der Waals surface area contributed by atoms with Crippen LogP contribution < -0.4 is 10.9 Å². The highest BCUT2D eigenvalue weighted by molar-refractivity contribution is 8.13. The summed E-state index contributed by atoms with van der Waals surface area (Å²) < 4.78 is 1.45. The molecule has 0 saturated carbocycles. The van der Waals surface area contributed by atoms with Crippen molar-refractivity contribution in [2.24, 2.45) is 0 Å². The molecular formula is C21H22N4O3S. The van der Waals surface area contributed by atoms with Crippen LogP contribution in [-0.4, -0.2) is 39.7 Å². The quantitative estimate of drug-likeness (QED) is 0.651. The molecule has 3 aromatic rings. The molecule has 0 aliphatic carbocycles. The second-order valence-electron chi connectivity index (χ2n) is 6.80. The normalized spacial score (nSPS) is 10.7. The van der Waals surface area contributed by atoms with Gasteiger partial charge in [-0.25, -0.2) is 4.98 Å². The van der Waals surface area contributed by atoms with Gasteiger partial charge in [0.25, 0.3) is 10.8 Å². The maximum absolute atomic E-state index is 12.6. The second kappa shape index (κ2) is 8.91. The number of carbonyl (C=O) groups is 2. The Balaban J connectivity index is 1.60. The van der Waals surface area contributed by atoms with Crippen molar-refractivity contribution in [1.82, 2.24) is 14.5 Å². The number of hydrogen-bond donors (Lipinski definition) is 1. The third kappa shape index (κ3) is 5.03. The molecule has 0 spiro atoms. The lowest BCUT2D eigenvalue weighted by molar-refractivity contribution is -0.116. The molecule has 1 aromatic heterocycles. The van der Waals surface area contributed by atoms with Gasteiger partial charge in [-0.3, -0.25) is 19.0 Å². The van der Waals surface area contributed by atoms with Crippen LogP contribution in [0, 0.1) is 6.92 Å². The molecule has 0 bridgehead atoms. The van der Waals surface area contributed by atoms with Crippen LogP contribution in [0.2, 0.25) is 0 Å². The minimum absolute atomic E-state index is 0.0635. The predicted molar refractivity (Wildman–Crippen MR) is 115 cm³/mol. The number of aromatic nitrogens is 2. The van der Waals surface area contributed by atoms with Gasteiger partial charge in [0.1, 0.15) is 0 Å². The zero-order valence-electron chi connectivity index (χ0n) is 16.5. The summed E-state index contributed by atoms with van der Waals surface area (Å²) in [6, 6.07) is 12.5. The van der Waals surface area contributed by atoms with Crippen LogP contribution in [0.3, 0.4) is 0 Å². The minimum Gasteiger partial charge on any atom is -0.339 e. The zero-order valence-corrected chi connectivity index (χ0v) is 17.3. The maximum Gasteiger partial charge on any atom is 0.285 e. The molecule has 0 fully saturated rings. The van der Waals surface area contributed by atoms with Crippen molar-refractivity contribution in [3.05, 3.63) is 64.7 Å². The lowest BCUT2D eigenvalue weighted by Crippen LogP contribution is -2.23. The van der Waals surface area contributed by atoms with Crippen molar-refractivity contribution in [2.45, 2.75) is 24.8 Å². The van der Waals surface area contributed by atoms with Crippen molar-refractivity contribution >= 4 is 39.5 Å². The molecule has 150 valence electrons. The molecule has 7 nitrogen and oxygen atoms in total. The topological polar surface area (TPSA) is 84.3 Å². The number of para-hydroxylation sites is 1. The maximum atomic E-state index is 12.6. The number of aryl methyl sites for hydroxylation is 2. The van der Waals surface area contributed by atoms with Crippen LogP contribution in [-0.2, 0) is 11.3 Å². The fourth-order valence-electron chi connectivity index (χ4n) is 2.74. The molecule has 8 heteroatoms. The molecule has 0 aliphatic rings. The molecule has 0 aliphatic heterocycles. The molecule has 0 radical (unpaired) electrons. The third-order valence-corrected chi connectivity index (χ3v) is 5.39. The Morgan fingerprint density at radius 3 is 2.55 bits per heavy atom. The van der Waals surface area contributed by atoms with Gasteiger partial charge in [-0.2, -0.15) is 0 Å². The molecule has 2 amide bonds. The highest BCUT2D eigenvalue weighted by Gasteiger charge is 2.09. The summed E-state index contributed by atoms with van der Waals surface area (Å²) in [5, 5.41) is 3.29. The van der Waals surface area contributed by atoms with Crippen LogP contribution in [0.1, 0.15) is 12.0 Å². The number of benzene rings is 2. The standard InChI is InChI=1S/C21H22N4O3S/c1-14-5-4-6-17-19(14)22-13-25(20(17)27)12-11-18(26)23-15-7-9-16(10-8-15)29-21(28)24(2)3/h4-10,13H,11-12H2,1-3H3,(H,23,26). The number of nitrogens with zero attached hydrogens (tertiary/aromatic N) is 3. The Bertz CT molecular complexity index is 1110. The molecular weight excluding hydrogens is 388 g/mol. The SMILES string of the molecule is Cc1cccc2c(=O)n(CCC(=O)Nc3ccc(SC(=O)N(C)C)cc3)cnc12. The van der Waals surface area contributed by atoms with Gasteiger partial charge in [0.15, 0.2) is 0 Å². The summed E-state index contributed by atoms with van der Waals surface area (Å²) >= 11 is 1.12. The highest BCUT2D eigenvalue weighted by atomic mass is 32.2. The Hall–Kier alpha value is -3.13. The van der Waals surface area contributed by atoms with E-state index >= 15 is 0 Å². The number of thioether (sulfide) groups is 1. The number of fused-ring (bicyclic) bond motifs is 1. The average Bonchev–Trinajstić information content (AvgIpc) is 2.69. The summed E-state index contributed by atoms with van der Waals surface area (Å²) in [7, 11) is 3.39. The molecule has 29 heavy (non-hydrogen) atoms. The van der Waals surface area contributed by atoms with Crippen LogP contribution in [0.5, 0.6) is 0 Å². The Morgan fingerprint density at radius 1 is 1.14 bits per heavy atom. The van der Waals surface area contributed by atoms with Gasteiger partial charge in [-0.05, 0) is 54.6 Å². The number of nitrogens with one attached hydrogen (secondary N) is 1. The first kappa shape index (κ1) is 20.6. The van der Waals surface area contributed by atoms with E-state index in [4.69, 9.17) is 0 Å². The fourth-order valence-corrected chi connectivity index (χ4v) is 3.40. The van der Waals surface area contributed by atoms with E-state index in [0.29, 0.717) is 16.6 Å². The van der Waals surface area contributed by atoms with Crippen molar-refractivity contribution in [2.75, 3.05) is 19.4 Å². The predicted octanol–water partition coefficient (Wildman–Crippen LogP) is 3.51. The lowest BCUT2D eigenvalue weighted by atomic mass is 10.1. The first-order valence-corrected chi connectivity index (χ1v) is 9.90. The minimum atomic E-state index is -0.203. The second-order valence-corrected chi connectivity index (χ2v) is 7.82. The lowest BCUT2D eigenvalue weighted by Gasteiger charge is -2.10. The molecule has 0 atom stereocenters. The summed E-state index contributed by atoms with van der Waals surface area (Å²) in [6.45, 7) is 2.15. The van der Waals surface area contributed by atoms with Crippen molar-refractivity contribution in [1.29, 1.82) is 0 Å². The van der Waals surface area contributed by atoms with E-state index < -0.39 is 0 Å². The molecule has 0 unspecified atom stereocenters. The van der Waals surface area contributed by atoms with E-state index in [1.807, 2.05) is 19.1 Å². The molecule has 0 saturated heterocycles. The van der Waals surface area contributed by atoms with E-state index in [-0.39, 0.29) is 29.7 Å². The van der Waals surface area contributed by atoms with Gasteiger partial charge >= 0.3 is 0 Å². The molecule has 2 aromatic carbocycles. The van der Waals surface area contributed by atoms with Crippen LogP contribution in [0.25, 0.3) is 10.9 Å². The number of carbonyl (C=O) groups excluding carboxylic acids is 2. The van der Waals surface area contributed by atoms with Gasteiger partial charge in [0.05, 0.1) is 17.2 Å². The summed E-state index contributed by atoms with van der Waals surface area (Å²) in [5.41, 5.74) is 2.11. The number of anilines is 1. The Morgan fingerprint density at radius 2 is 1.86 bits per heavy atom. The smallest absolute Gasteiger partial charge is 0.285 e. The van der Waals surface area contributed by atoms with Crippen LogP contribution in [0.15, 0.2) is 58.5 Å². The van der Waals surface area contributed by atoms with Gasteiger partial charge < -0.3 is 10.2 Å². The average molecular weight is 410 g/mol. The van der Waals surface area contributed by atoms with E-state index in [0.717, 1.165) is 22.2 Å². The van der Waals surface area contributed by atoms with Gasteiger partial charge in [-0.15, -0.1) is 0 Å². The number of hydrogen-bond acceptors (Lipinski definition) is 5. The molecule has 1 N–H and O–H groups in total. The van der Waals surface area contributed by atoms with E-state index in [9.17, 15) is 14.4 Å². The highest BCUT2D eigenvalue weighted by Crippen LogP contribution is 2.22. The Labute approximate surface area is 172 Å².